The summed E-state index contributed by atoms with van der Waals surface area (Å²) in [7, 11) is 0. The van der Waals surface area contributed by atoms with Crippen molar-refractivity contribution in [3.8, 4) is 5.75 Å². The van der Waals surface area contributed by atoms with Crippen LogP contribution in [0.4, 0.5) is 0 Å². The maximum absolute atomic E-state index is 9.77. The molecule has 0 aliphatic carbocycles. The second kappa shape index (κ2) is 7.51. The van der Waals surface area contributed by atoms with Crippen LogP contribution in [-0.4, -0.2) is 24.4 Å². The van der Waals surface area contributed by atoms with Crippen molar-refractivity contribution < 1.29 is 9.84 Å². The lowest BCUT2D eigenvalue weighted by atomic mass is 9.87. The molecule has 0 spiro atoms. The molecule has 0 saturated heterocycles. The number of rotatable bonds is 7. The standard InChI is InChI=1S/C16H27NO2/c1-5-13(9-14(18)10-17)15-7-12(4)16(19-6-2)8-11(15)3/h7-8,13-14,18H,5-6,9-10,17H2,1-4H3. The van der Waals surface area contributed by atoms with E-state index in [1.165, 1.54) is 11.1 Å². The lowest BCUT2D eigenvalue weighted by Crippen LogP contribution is -2.22. The Hall–Kier alpha value is -1.06. The van der Waals surface area contributed by atoms with Crippen molar-refractivity contribution in [3.05, 3.63) is 28.8 Å². The molecule has 0 heterocycles. The minimum atomic E-state index is -0.420. The molecule has 108 valence electrons. The predicted molar refractivity (Wildman–Crippen MR) is 79.8 cm³/mol. The van der Waals surface area contributed by atoms with Gasteiger partial charge in [0.15, 0.2) is 0 Å². The summed E-state index contributed by atoms with van der Waals surface area (Å²) < 4.78 is 5.62. The van der Waals surface area contributed by atoms with Crippen LogP contribution < -0.4 is 10.5 Å². The number of hydrogen-bond donors (Lipinski definition) is 2. The lowest BCUT2D eigenvalue weighted by Gasteiger charge is -2.22. The molecule has 0 bridgehead atoms. The van der Waals surface area contributed by atoms with Gasteiger partial charge in [0.1, 0.15) is 5.75 Å². The maximum atomic E-state index is 9.77. The van der Waals surface area contributed by atoms with Crippen LogP contribution in [0, 0.1) is 13.8 Å². The van der Waals surface area contributed by atoms with Crippen LogP contribution in [0.1, 0.15) is 49.3 Å². The fraction of sp³-hybridized carbons (Fsp3) is 0.625. The zero-order valence-electron chi connectivity index (χ0n) is 12.6. The summed E-state index contributed by atoms with van der Waals surface area (Å²) in [5.74, 6) is 1.31. The summed E-state index contributed by atoms with van der Waals surface area (Å²) in [6.07, 6.45) is 1.31. The molecule has 2 unspecified atom stereocenters. The van der Waals surface area contributed by atoms with E-state index in [0.717, 1.165) is 24.2 Å². The Morgan fingerprint density at radius 2 is 1.89 bits per heavy atom. The van der Waals surface area contributed by atoms with E-state index < -0.39 is 6.10 Å². The van der Waals surface area contributed by atoms with E-state index in [1.54, 1.807) is 0 Å². The van der Waals surface area contributed by atoms with Gasteiger partial charge in [-0.3, -0.25) is 0 Å². The van der Waals surface area contributed by atoms with E-state index in [2.05, 4.69) is 32.9 Å². The van der Waals surface area contributed by atoms with Gasteiger partial charge in [-0.05, 0) is 62.3 Å². The highest BCUT2D eigenvalue weighted by Crippen LogP contribution is 2.32. The molecule has 3 N–H and O–H groups in total. The molecule has 0 aromatic heterocycles. The molecule has 3 nitrogen and oxygen atoms in total. The van der Waals surface area contributed by atoms with Crippen LogP contribution in [-0.2, 0) is 0 Å². The normalized spacial score (nSPS) is 14.2. The van der Waals surface area contributed by atoms with Gasteiger partial charge in [-0.1, -0.05) is 13.0 Å². The Bertz CT molecular complexity index is 404. The molecule has 0 fully saturated rings. The van der Waals surface area contributed by atoms with E-state index in [9.17, 15) is 5.11 Å². The number of hydrogen-bond acceptors (Lipinski definition) is 3. The fourth-order valence-electron chi connectivity index (χ4n) is 2.50. The average molecular weight is 265 g/mol. The first kappa shape index (κ1) is 16.0. The number of aliphatic hydroxyl groups is 1. The number of aliphatic hydroxyl groups excluding tert-OH is 1. The van der Waals surface area contributed by atoms with Crippen molar-refractivity contribution in [2.75, 3.05) is 13.2 Å². The number of aryl methyl sites for hydroxylation is 2. The zero-order chi connectivity index (χ0) is 14.4. The van der Waals surface area contributed by atoms with E-state index >= 15 is 0 Å². The Balaban J connectivity index is 3.01. The molecule has 3 heteroatoms. The molecule has 1 rings (SSSR count). The first-order valence-electron chi connectivity index (χ1n) is 7.15. The molecule has 0 aliphatic rings. The topological polar surface area (TPSA) is 55.5 Å². The molecule has 0 amide bonds. The van der Waals surface area contributed by atoms with Gasteiger partial charge in [0.05, 0.1) is 12.7 Å². The second-order valence-electron chi connectivity index (χ2n) is 5.14. The van der Waals surface area contributed by atoms with Crippen molar-refractivity contribution in [1.29, 1.82) is 0 Å². The van der Waals surface area contributed by atoms with Crippen LogP contribution in [0.25, 0.3) is 0 Å². The minimum absolute atomic E-state index is 0.325. The summed E-state index contributed by atoms with van der Waals surface area (Å²) in [4.78, 5) is 0. The quantitative estimate of drug-likeness (QED) is 0.797. The van der Waals surface area contributed by atoms with E-state index in [1.807, 2.05) is 6.92 Å². The summed E-state index contributed by atoms with van der Waals surface area (Å²) in [5, 5.41) is 9.77. The summed E-state index contributed by atoms with van der Waals surface area (Å²) >= 11 is 0. The summed E-state index contributed by atoms with van der Waals surface area (Å²) in [6.45, 7) is 9.33. The maximum Gasteiger partial charge on any atom is 0.122 e. The molecule has 0 saturated carbocycles. The highest BCUT2D eigenvalue weighted by atomic mass is 16.5. The molecule has 1 aromatic carbocycles. The molecular formula is C16H27NO2. The molecule has 0 aliphatic heterocycles. The molecular weight excluding hydrogens is 238 g/mol. The van der Waals surface area contributed by atoms with Crippen LogP contribution in [0.5, 0.6) is 5.75 Å². The van der Waals surface area contributed by atoms with E-state index in [-0.39, 0.29) is 0 Å². The zero-order valence-corrected chi connectivity index (χ0v) is 12.6. The monoisotopic (exact) mass is 265 g/mol. The number of nitrogens with two attached hydrogens (primary N) is 1. The lowest BCUT2D eigenvalue weighted by molar-refractivity contribution is 0.162. The van der Waals surface area contributed by atoms with Crippen molar-refractivity contribution in [1.82, 2.24) is 0 Å². The van der Waals surface area contributed by atoms with Crippen LogP contribution in [0.2, 0.25) is 0 Å². The van der Waals surface area contributed by atoms with Gasteiger partial charge in [-0.15, -0.1) is 0 Å². The number of ether oxygens (including phenoxy) is 1. The highest BCUT2D eigenvalue weighted by molar-refractivity contribution is 5.43. The first-order chi connectivity index (χ1) is 9.03. The smallest absolute Gasteiger partial charge is 0.122 e. The first-order valence-corrected chi connectivity index (χ1v) is 7.15. The van der Waals surface area contributed by atoms with Gasteiger partial charge in [-0.25, -0.2) is 0 Å². The molecule has 19 heavy (non-hydrogen) atoms. The Morgan fingerprint density at radius 3 is 2.42 bits per heavy atom. The molecule has 0 radical (unpaired) electrons. The number of benzene rings is 1. The third-order valence-electron chi connectivity index (χ3n) is 3.62. The summed E-state index contributed by atoms with van der Waals surface area (Å²) in [6, 6.07) is 4.30. The molecule has 1 aromatic rings. The Morgan fingerprint density at radius 1 is 1.21 bits per heavy atom. The van der Waals surface area contributed by atoms with Gasteiger partial charge < -0.3 is 15.6 Å². The fourth-order valence-corrected chi connectivity index (χ4v) is 2.50. The van der Waals surface area contributed by atoms with E-state index in [0.29, 0.717) is 19.1 Å². The summed E-state index contributed by atoms with van der Waals surface area (Å²) in [5.41, 5.74) is 9.20. The van der Waals surface area contributed by atoms with Crippen molar-refractivity contribution in [3.63, 3.8) is 0 Å². The molecule has 2 atom stereocenters. The van der Waals surface area contributed by atoms with Crippen LogP contribution >= 0.6 is 0 Å². The van der Waals surface area contributed by atoms with E-state index in [4.69, 9.17) is 10.5 Å². The van der Waals surface area contributed by atoms with Crippen molar-refractivity contribution in [2.24, 2.45) is 5.73 Å². The van der Waals surface area contributed by atoms with Crippen LogP contribution in [0.3, 0.4) is 0 Å². The van der Waals surface area contributed by atoms with Gasteiger partial charge >= 0.3 is 0 Å². The third-order valence-corrected chi connectivity index (χ3v) is 3.62. The van der Waals surface area contributed by atoms with Gasteiger partial charge in [0.25, 0.3) is 0 Å². The van der Waals surface area contributed by atoms with Crippen LogP contribution in [0.15, 0.2) is 12.1 Å². The SMILES string of the molecule is CCOc1cc(C)c(C(CC)CC(O)CN)cc1C. The minimum Gasteiger partial charge on any atom is -0.494 e. The largest absolute Gasteiger partial charge is 0.494 e. The average Bonchev–Trinajstić information content (AvgIpc) is 2.40. The van der Waals surface area contributed by atoms with Gasteiger partial charge in [0.2, 0.25) is 0 Å². The Kier molecular flexibility index (Phi) is 6.32. The predicted octanol–water partition coefficient (Wildman–Crippen LogP) is 2.91. The second-order valence-corrected chi connectivity index (χ2v) is 5.14. The van der Waals surface area contributed by atoms with Gasteiger partial charge in [-0.2, -0.15) is 0 Å². The Labute approximate surface area is 116 Å². The third kappa shape index (κ3) is 4.22. The van der Waals surface area contributed by atoms with Crippen molar-refractivity contribution >= 4 is 0 Å². The van der Waals surface area contributed by atoms with Gasteiger partial charge in [0, 0.05) is 6.54 Å². The van der Waals surface area contributed by atoms with Crippen molar-refractivity contribution in [2.45, 2.75) is 52.6 Å². The highest BCUT2D eigenvalue weighted by Gasteiger charge is 2.17.